The van der Waals surface area contributed by atoms with Gasteiger partial charge in [-0.05, 0) is 26.8 Å². The Hall–Kier alpha value is -0.910. The van der Waals surface area contributed by atoms with E-state index in [1.807, 2.05) is 12.4 Å². The molecule has 21 heavy (non-hydrogen) atoms. The normalized spacial score (nSPS) is 21.9. The Morgan fingerprint density at radius 2 is 2.29 bits per heavy atom. The van der Waals surface area contributed by atoms with Crippen molar-refractivity contribution in [2.24, 2.45) is 7.05 Å². The molecule has 0 aliphatic carbocycles. The maximum absolute atomic E-state index is 6.06. The topological polar surface area (TPSA) is 42.3 Å². The Balaban J connectivity index is 2.02. The number of nitrogens with zero attached hydrogens (tertiary/aromatic N) is 3. The number of ether oxygens (including phenoxy) is 1. The van der Waals surface area contributed by atoms with Crippen LogP contribution in [0.25, 0.3) is 0 Å². The van der Waals surface area contributed by atoms with Crippen LogP contribution in [0.1, 0.15) is 33.0 Å². The van der Waals surface area contributed by atoms with Crippen molar-refractivity contribution in [3.05, 3.63) is 18.2 Å². The van der Waals surface area contributed by atoms with Crippen LogP contribution in [0.4, 0.5) is 0 Å². The van der Waals surface area contributed by atoms with Crippen LogP contribution < -0.4 is 5.32 Å². The molecular formula is C16H30N4O. The van der Waals surface area contributed by atoms with Crippen molar-refractivity contribution in [2.45, 2.75) is 51.8 Å². The zero-order valence-corrected chi connectivity index (χ0v) is 13.9. The standard InChI is InChI=1S/C16H30N4O/c1-5-6-17-14(11-16-18-7-8-19(16)4)15-12-20(13(2)3)9-10-21-15/h7-8,13-15,17H,5-6,9-12H2,1-4H3. The molecule has 1 aromatic heterocycles. The summed E-state index contributed by atoms with van der Waals surface area (Å²) in [5.41, 5.74) is 0. The van der Waals surface area contributed by atoms with Gasteiger partial charge in [-0.15, -0.1) is 0 Å². The molecule has 1 fully saturated rings. The Labute approximate surface area is 128 Å². The summed E-state index contributed by atoms with van der Waals surface area (Å²) in [6.07, 6.45) is 6.17. The quantitative estimate of drug-likeness (QED) is 0.826. The van der Waals surface area contributed by atoms with Gasteiger partial charge < -0.3 is 14.6 Å². The van der Waals surface area contributed by atoms with Gasteiger partial charge in [0.1, 0.15) is 5.82 Å². The van der Waals surface area contributed by atoms with Gasteiger partial charge >= 0.3 is 0 Å². The summed E-state index contributed by atoms with van der Waals surface area (Å²) >= 11 is 0. The van der Waals surface area contributed by atoms with Gasteiger partial charge in [-0.1, -0.05) is 6.92 Å². The Kier molecular flexibility index (Phi) is 6.21. The van der Waals surface area contributed by atoms with Gasteiger partial charge in [-0.2, -0.15) is 0 Å². The number of aryl methyl sites for hydroxylation is 1. The molecule has 1 saturated heterocycles. The van der Waals surface area contributed by atoms with E-state index < -0.39 is 0 Å². The number of hydrogen-bond donors (Lipinski definition) is 1. The minimum atomic E-state index is 0.240. The summed E-state index contributed by atoms with van der Waals surface area (Å²) in [6.45, 7) is 10.6. The van der Waals surface area contributed by atoms with E-state index in [1.165, 1.54) is 0 Å². The van der Waals surface area contributed by atoms with Crippen molar-refractivity contribution < 1.29 is 4.74 Å². The second-order valence-electron chi connectivity index (χ2n) is 6.22. The van der Waals surface area contributed by atoms with E-state index in [4.69, 9.17) is 4.74 Å². The zero-order chi connectivity index (χ0) is 15.2. The average Bonchev–Trinajstić information content (AvgIpc) is 2.88. The van der Waals surface area contributed by atoms with E-state index >= 15 is 0 Å². The van der Waals surface area contributed by atoms with E-state index in [9.17, 15) is 0 Å². The second kappa shape index (κ2) is 7.92. The lowest BCUT2D eigenvalue weighted by Crippen LogP contribution is -2.54. The van der Waals surface area contributed by atoms with Crippen molar-refractivity contribution in [1.82, 2.24) is 19.8 Å². The van der Waals surface area contributed by atoms with E-state index in [-0.39, 0.29) is 6.10 Å². The number of aromatic nitrogens is 2. The SMILES string of the molecule is CCCNC(Cc1nccn1C)C1CN(C(C)C)CCO1. The predicted molar refractivity (Wildman–Crippen MR) is 85.4 cm³/mol. The van der Waals surface area contributed by atoms with Gasteiger partial charge in [-0.3, -0.25) is 4.90 Å². The van der Waals surface area contributed by atoms with Crippen LogP contribution in [0.2, 0.25) is 0 Å². The molecule has 120 valence electrons. The Bertz CT molecular complexity index is 418. The zero-order valence-electron chi connectivity index (χ0n) is 13.9. The largest absolute Gasteiger partial charge is 0.374 e. The monoisotopic (exact) mass is 294 g/mol. The van der Waals surface area contributed by atoms with Crippen LogP contribution in [-0.2, 0) is 18.2 Å². The minimum absolute atomic E-state index is 0.240. The molecule has 0 bridgehead atoms. The molecule has 0 spiro atoms. The first-order chi connectivity index (χ1) is 10.1. The van der Waals surface area contributed by atoms with E-state index in [0.717, 1.165) is 44.9 Å². The second-order valence-corrected chi connectivity index (χ2v) is 6.22. The molecule has 0 radical (unpaired) electrons. The van der Waals surface area contributed by atoms with E-state index in [0.29, 0.717) is 12.1 Å². The molecule has 0 aromatic carbocycles. The molecule has 2 unspecified atom stereocenters. The third-order valence-corrected chi connectivity index (χ3v) is 4.28. The summed E-state index contributed by atoms with van der Waals surface area (Å²) in [6, 6.07) is 0.906. The van der Waals surface area contributed by atoms with Crippen molar-refractivity contribution in [2.75, 3.05) is 26.2 Å². The molecular weight excluding hydrogens is 264 g/mol. The highest BCUT2D eigenvalue weighted by Gasteiger charge is 2.29. The lowest BCUT2D eigenvalue weighted by Gasteiger charge is -2.39. The molecule has 5 nitrogen and oxygen atoms in total. The Morgan fingerprint density at radius 3 is 2.90 bits per heavy atom. The molecule has 1 aromatic rings. The van der Waals surface area contributed by atoms with Gasteiger partial charge in [-0.25, -0.2) is 4.98 Å². The summed E-state index contributed by atoms with van der Waals surface area (Å²) < 4.78 is 8.17. The Morgan fingerprint density at radius 1 is 1.48 bits per heavy atom. The molecule has 0 amide bonds. The van der Waals surface area contributed by atoms with Crippen LogP contribution in [0.3, 0.4) is 0 Å². The third-order valence-electron chi connectivity index (χ3n) is 4.28. The molecule has 2 rings (SSSR count). The number of rotatable bonds is 7. The number of morpholine rings is 1. The first-order valence-corrected chi connectivity index (χ1v) is 8.17. The third kappa shape index (κ3) is 4.53. The average molecular weight is 294 g/mol. The highest BCUT2D eigenvalue weighted by molar-refractivity contribution is 4.97. The summed E-state index contributed by atoms with van der Waals surface area (Å²) in [5.74, 6) is 1.12. The van der Waals surface area contributed by atoms with E-state index in [1.54, 1.807) is 0 Å². The lowest BCUT2D eigenvalue weighted by atomic mass is 10.0. The molecule has 2 heterocycles. The number of hydrogen-bond acceptors (Lipinski definition) is 4. The van der Waals surface area contributed by atoms with Crippen molar-refractivity contribution in [1.29, 1.82) is 0 Å². The minimum Gasteiger partial charge on any atom is -0.374 e. The van der Waals surface area contributed by atoms with Gasteiger partial charge in [0, 0.05) is 51.0 Å². The van der Waals surface area contributed by atoms with Gasteiger partial charge in [0.2, 0.25) is 0 Å². The first kappa shape index (κ1) is 16.5. The van der Waals surface area contributed by atoms with E-state index in [2.05, 4.69) is 47.6 Å². The lowest BCUT2D eigenvalue weighted by molar-refractivity contribution is -0.0555. The maximum Gasteiger partial charge on any atom is 0.110 e. The van der Waals surface area contributed by atoms with Crippen LogP contribution in [0, 0.1) is 0 Å². The van der Waals surface area contributed by atoms with Crippen molar-refractivity contribution in [3.8, 4) is 0 Å². The molecule has 1 aliphatic rings. The van der Waals surface area contributed by atoms with Gasteiger partial charge in [0.15, 0.2) is 0 Å². The summed E-state index contributed by atoms with van der Waals surface area (Å²) in [7, 11) is 2.06. The maximum atomic E-state index is 6.06. The molecule has 2 atom stereocenters. The van der Waals surface area contributed by atoms with Crippen molar-refractivity contribution in [3.63, 3.8) is 0 Å². The summed E-state index contributed by atoms with van der Waals surface area (Å²) in [4.78, 5) is 6.97. The number of nitrogens with one attached hydrogen (secondary N) is 1. The number of imidazole rings is 1. The first-order valence-electron chi connectivity index (χ1n) is 8.17. The van der Waals surface area contributed by atoms with Gasteiger partial charge in [0.05, 0.1) is 12.7 Å². The van der Waals surface area contributed by atoms with Crippen LogP contribution in [-0.4, -0.2) is 58.9 Å². The fourth-order valence-electron chi connectivity index (χ4n) is 2.86. The molecule has 5 heteroatoms. The predicted octanol–water partition coefficient (Wildman–Crippen LogP) is 1.44. The van der Waals surface area contributed by atoms with Crippen molar-refractivity contribution >= 4 is 0 Å². The van der Waals surface area contributed by atoms with Crippen LogP contribution in [0.15, 0.2) is 12.4 Å². The molecule has 1 N–H and O–H groups in total. The highest BCUT2D eigenvalue weighted by atomic mass is 16.5. The summed E-state index contributed by atoms with van der Waals surface area (Å²) in [5, 5.41) is 3.66. The fraction of sp³-hybridized carbons (Fsp3) is 0.812. The van der Waals surface area contributed by atoms with Crippen LogP contribution in [0.5, 0.6) is 0 Å². The fourth-order valence-corrected chi connectivity index (χ4v) is 2.86. The smallest absolute Gasteiger partial charge is 0.110 e. The van der Waals surface area contributed by atoms with Crippen LogP contribution >= 0.6 is 0 Å². The molecule has 1 aliphatic heterocycles. The molecule has 0 saturated carbocycles. The van der Waals surface area contributed by atoms with Gasteiger partial charge in [0.25, 0.3) is 0 Å². The highest BCUT2D eigenvalue weighted by Crippen LogP contribution is 2.15.